The molecule has 0 atom stereocenters. The summed E-state index contributed by atoms with van der Waals surface area (Å²) in [4.78, 5) is 14.7. The molecule has 1 fully saturated rings. The first-order valence-corrected chi connectivity index (χ1v) is 9.74. The summed E-state index contributed by atoms with van der Waals surface area (Å²) in [6, 6.07) is 4.68. The van der Waals surface area contributed by atoms with Gasteiger partial charge < -0.3 is 14.7 Å². The van der Waals surface area contributed by atoms with Crippen molar-refractivity contribution >= 4 is 27.5 Å². The highest BCUT2D eigenvalue weighted by molar-refractivity contribution is 6.00. The molecule has 158 valence electrons. The molecule has 0 spiro atoms. The summed E-state index contributed by atoms with van der Waals surface area (Å²) in [7, 11) is 1.38. The minimum absolute atomic E-state index is 0.0107. The van der Waals surface area contributed by atoms with Crippen LogP contribution in [0.2, 0.25) is 0 Å². The number of ether oxygens (including phenoxy) is 1. The molecule has 6 nitrogen and oxygen atoms in total. The van der Waals surface area contributed by atoms with Gasteiger partial charge in [0, 0.05) is 30.2 Å². The molecule has 4 aromatic rings. The van der Waals surface area contributed by atoms with E-state index >= 15 is 4.39 Å². The number of aromatic nitrogens is 3. The lowest BCUT2D eigenvalue weighted by molar-refractivity contribution is 0.381. The largest absolute Gasteiger partial charge is 0.508 e. The molecule has 2 aromatic heterocycles. The Labute approximate surface area is 174 Å². The second kappa shape index (κ2) is 7.26. The predicted molar refractivity (Wildman–Crippen MR) is 110 cm³/mol. The summed E-state index contributed by atoms with van der Waals surface area (Å²) in [5.74, 6) is -2.79. The highest BCUT2D eigenvalue weighted by Gasteiger charge is 2.24. The summed E-state index contributed by atoms with van der Waals surface area (Å²) < 4.78 is 49.4. The van der Waals surface area contributed by atoms with E-state index in [9.17, 15) is 13.9 Å². The second-order valence-corrected chi connectivity index (χ2v) is 7.36. The Kier molecular flexibility index (Phi) is 4.53. The number of methoxy groups -OCH3 is 1. The van der Waals surface area contributed by atoms with Crippen molar-refractivity contribution in [2.75, 3.05) is 25.1 Å². The monoisotopic (exact) mass is 426 g/mol. The van der Waals surface area contributed by atoms with Crippen molar-refractivity contribution < 1.29 is 23.0 Å². The van der Waals surface area contributed by atoms with Gasteiger partial charge in [-0.2, -0.15) is 9.97 Å². The Morgan fingerprint density at radius 3 is 2.55 bits per heavy atom. The zero-order chi connectivity index (χ0) is 21.7. The van der Waals surface area contributed by atoms with Crippen LogP contribution in [0.25, 0.3) is 32.9 Å². The van der Waals surface area contributed by atoms with Gasteiger partial charge in [0.15, 0.2) is 17.5 Å². The van der Waals surface area contributed by atoms with Crippen LogP contribution in [0.1, 0.15) is 12.8 Å². The van der Waals surface area contributed by atoms with Crippen molar-refractivity contribution in [2.24, 2.45) is 0 Å². The number of anilines is 1. The van der Waals surface area contributed by atoms with Gasteiger partial charge in [-0.25, -0.2) is 13.2 Å². The minimum Gasteiger partial charge on any atom is -0.508 e. The maximum Gasteiger partial charge on any atom is 0.318 e. The van der Waals surface area contributed by atoms with E-state index in [1.165, 1.54) is 25.4 Å². The molecule has 2 aromatic carbocycles. The predicted octanol–water partition coefficient (Wildman–Crippen LogP) is 4.58. The standard InChI is InChI=1S/C22H17F3N4O2/c1-31-22-27-20-14(21(28-22)29-6-2-3-7-29)10-26-19(18(20)25)13-9-12(30)8-11-4-5-15(23)17(24)16(11)13/h4-5,8-10,30H,2-3,6-7H2,1H3. The van der Waals surface area contributed by atoms with Gasteiger partial charge in [0.1, 0.15) is 22.8 Å². The van der Waals surface area contributed by atoms with Gasteiger partial charge in [0.25, 0.3) is 0 Å². The zero-order valence-corrected chi connectivity index (χ0v) is 16.5. The van der Waals surface area contributed by atoms with E-state index in [-0.39, 0.29) is 39.3 Å². The molecule has 31 heavy (non-hydrogen) atoms. The first-order chi connectivity index (χ1) is 15.0. The van der Waals surface area contributed by atoms with Gasteiger partial charge >= 0.3 is 6.01 Å². The summed E-state index contributed by atoms with van der Waals surface area (Å²) >= 11 is 0. The van der Waals surface area contributed by atoms with Crippen LogP contribution in [0.5, 0.6) is 11.8 Å². The highest BCUT2D eigenvalue weighted by Crippen LogP contribution is 2.38. The summed E-state index contributed by atoms with van der Waals surface area (Å²) in [5.41, 5.74) is -0.384. The number of phenols is 1. The average Bonchev–Trinajstić information content (AvgIpc) is 3.30. The molecule has 0 saturated carbocycles. The molecule has 0 unspecified atom stereocenters. The van der Waals surface area contributed by atoms with Crippen LogP contribution in [0.4, 0.5) is 19.0 Å². The number of halogens is 3. The SMILES string of the molecule is COc1nc(N2CCCC2)c2cnc(-c3cc(O)cc4ccc(F)c(F)c34)c(F)c2n1. The molecule has 1 aliphatic rings. The van der Waals surface area contributed by atoms with Crippen molar-refractivity contribution in [2.45, 2.75) is 12.8 Å². The Hall–Kier alpha value is -3.62. The third-order valence-electron chi connectivity index (χ3n) is 5.48. The lowest BCUT2D eigenvalue weighted by Gasteiger charge is -2.19. The third kappa shape index (κ3) is 3.08. The first-order valence-electron chi connectivity index (χ1n) is 9.74. The lowest BCUT2D eigenvalue weighted by Crippen LogP contribution is -2.20. The van der Waals surface area contributed by atoms with Crippen molar-refractivity contribution in [3.05, 3.63) is 47.9 Å². The quantitative estimate of drug-likeness (QED) is 0.517. The van der Waals surface area contributed by atoms with Crippen LogP contribution in [0, 0.1) is 17.5 Å². The van der Waals surface area contributed by atoms with Crippen LogP contribution in [-0.2, 0) is 0 Å². The van der Waals surface area contributed by atoms with Crippen LogP contribution < -0.4 is 9.64 Å². The number of pyridine rings is 1. The molecule has 0 radical (unpaired) electrons. The molecule has 0 bridgehead atoms. The van der Waals surface area contributed by atoms with Gasteiger partial charge in [-0.1, -0.05) is 6.07 Å². The molecule has 9 heteroatoms. The number of benzene rings is 2. The van der Waals surface area contributed by atoms with Crippen LogP contribution in [0.15, 0.2) is 30.5 Å². The van der Waals surface area contributed by atoms with Crippen molar-refractivity contribution in [3.8, 4) is 23.0 Å². The number of hydrogen-bond acceptors (Lipinski definition) is 6. The van der Waals surface area contributed by atoms with Crippen molar-refractivity contribution in [1.29, 1.82) is 0 Å². The van der Waals surface area contributed by atoms with E-state index in [1.54, 1.807) is 0 Å². The fourth-order valence-electron chi connectivity index (χ4n) is 4.04. The van der Waals surface area contributed by atoms with Gasteiger partial charge in [0.2, 0.25) is 0 Å². The number of hydrogen-bond donors (Lipinski definition) is 1. The normalized spacial score (nSPS) is 14.0. The molecular weight excluding hydrogens is 409 g/mol. The molecule has 0 amide bonds. The minimum atomic E-state index is -1.15. The Bertz CT molecular complexity index is 1340. The van der Waals surface area contributed by atoms with Crippen LogP contribution >= 0.6 is 0 Å². The molecule has 0 aliphatic carbocycles. The third-order valence-corrected chi connectivity index (χ3v) is 5.48. The zero-order valence-electron chi connectivity index (χ0n) is 16.5. The average molecular weight is 426 g/mol. The molecule has 3 heterocycles. The van der Waals surface area contributed by atoms with E-state index in [2.05, 4.69) is 15.0 Å². The molecule has 1 aliphatic heterocycles. The number of phenolic OH excluding ortho intramolecular Hbond substituents is 1. The van der Waals surface area contributed by atoms with E-state index in [0.717, 1.165) is 38.1 Å². The van der Waals surface area contributed by atoms with E-state index in [4.69, 9.17) is 4.74 Å². The Morgan fingerprint density at radius 2 is 1.81 bits per heavy atom. The first kappa shape index (κ1) is 19.3. The highest BCUT2D eigenvalue weighted by atomic mass is 19.2. The van der Waals surface area contributed by atoms with Gasteiger partial charge in [0.05, 0.1) is 12.5 Å². The van der Waals surface area contributed by atoms with E-state index in [0.29, 0.717) is 11.2 Å². The molecule has 1 N–H and O–H groups in total. The van der Waals surface area contributed by atoms with Gasteiger partial charge in [-0.3, -0.25) is 4.98 Å². The lowest BCUT2D eigenvalue weighted by atomic mass is 9.99. The number of rotatable bonds is 3. The topological polar surface area (TPSA) is 71.4 Å². The fourth-order valence-corrected chi connectivity index (χ4v) is 4.04. The summed E-state index contributed by atoms with van der Waals surface area (Å²) in [6.07, 6.45) is 3.39. The maximum atomic E-state index is 15.7. The van der Waals surface area contributed by atoms with Crippen LogP contribution in [0.3, 0.4) is 0 Å². The summed E-state index contributed by atoms with van der Waals surface area (Å²) in [6.45, 7) is 1.53. The van der Waals surface area contributed by atoms with E-state index in [1.807, 2.05) is 4.90 Å². The molecule has 1 saturated heterocycles. The van der Waals surface area contributed by atoms with E-state index < -0.39 is 17.5 Å². The Balaban J connectivity index is 1.81. The van der Waals surface area contributed by atoms with Gasteiger partial charge in [-0.05, 0) is 36.4 Å². The van der Waals surface area contributed by atoms with Crippen LogP contribution in [-0.4, -0.2) is 40.3 Å². The molecule has 5 rings (SSSR count). The second-order valence-electron chi connectivity index (χ2n) is 7.36. The molecular formula is C22H17F3N4O2. The fraction of sp³-hybridized carbons (Fsp3) is 0.227. The Morgan fingerprint density at radius 1 is 1.03 bits per heavy atom. The van der Waals surface area contributed by atoms with Crippen molar-refractivity contribution in [3.63, 3.8) is 0 Å². The maximum absolute atomic E-state index is 15.7. The summed E-state index contributed by atoms with van der Waals surface area (Å²) in [5, 5.41) is 10.5. The van der Waals surface area contributed by atoms with Gasteiger partial charge in [-0.15, -0.1) is 0 Å². The number of nitrogens with zero attached hydrogens (tertiary/aromatic N) is 4. The smallest absolute Gasteiger partial charge is 0.318 e. The number of fused-ring (bicyclic) bond motifs is 2. The van der Waals surface area contributed by atoms with Crippen molar-refractivity contribution in [1.82, 2.24) is 15.0 Å². The number of aromatic hydroxyl groups is 1.